The van der Waals surface area contributed by atoms with E-state index >= 15 is 0 Å². The molecule has 1 fully saturated rings. The maximum absolute atomic E-state index is 5.17. The standard InChI is InChI=1S/C18H27N5O/c1-3-11-23-18(20-16(21-23)9-13-24-2)15-7-6-12-22(14-15)17-8-4-5-10-19-17/h4-5,8,10,15H,3,6-7,9,11-14H2,1-2H3/t15-/m1/s1. The van der Waals surface area contributed by atoms with Crippen LogP contribution in [0.5, 0.6) is 0 Å². The zero-order valence-electron chi connectivity index (χ0n) is 14.7. The Bertz CT molecular complexity index is 628. The van der Waals surface area contributed by atoms with Crippen LogP contribution in [0, 0.1) is 0 Å². The number of nitrogens with zero attached hydrogens (tertiary/aromatic N) is 5. The van der Waals surface area contributed by atoms with Crippen molar-refractivity contribution in [2.75, 3.05) is 31.7 Å². The zero-order valence-corrected chi connectivity index (χ0v) is 14.7. The van der Waals surface area contributed by atoms with E-state index in [0.717, 1.165) is 62.8 Å². The smallest absolute Gasteiger partial charge is 0.153 e. The van der Waals surface area contributed by atoms with E-state index < -0.39 is 0 Å². The molecule has 6 nitrogen and oxygen atoms in total. The summed E-state index contributed by atoms with van der Waals surface area (Å²) >= 11 is 0. The largest absolute Gasteiger partial charge is 0.384 e. The van der Waals surface area contributed by atoms with Gasteiger partial charge in [0.05, 0.1) is 6.61 Å². The fourth-order valence-electron chi connectivity index (χ4n) is 3.32. The molecule has 3 rings (SSSR count). The molecule has 24 heavy (non-hydrogen) atoms. The van der Waals surface area contributed by atoms with E-state index in [-0.39, 0.29) is 0 Å². The molecule has 0 saturated carbocycles. The van der Waals surface area contributed by atoms with Gasteiger partial charge >= 0.3 is 0 Å². The van der Waals surface area contributed by atoms with E-state index in [1.165, 1.54) is 0 Å². The quantitative estimate of drug-likeness (QED) is 0.781. The lowest BCUT2D eigenvalue weighted by molar-refractivity contribution is 0.200. The van der Waals surface area contributed by atoms with Crippen molar-refractivity contribution in [3.8, 4) is 0 Å². The molecule has 130 valence electrons. The molecule has 0 aromatic carbocycles. The fraction of sp³-hybridized carbons (Fsp3) is 0.611. The van der Waals surface area contributed by atoms with E-state index in [1.807, 2.05) is 18.3 Å². The van der Waals surface area contributed by atoms with Gasteiger partial charge in [-0.1, -0.05) is 13.0 Å². The molecule has 1 atom stereocenters. The number of piperidine rings is 1. The number of hydrogen-bond donors (Lipinski definition) is 0. The number of hydrogen-bond acceptors (Lipinski definition) is 5. The molecule has 0 bridgehead atoms. The molecule has 0 amide bonds. The monoisotopic (exact) mass is 329 g/mol. The Balaban J connectivity index is 1.78. The molecule has 0 N–H and O–H groups in total. The summed E-state index contributed by atoms with van der Waals surface area (Å²) in [5, 5.41) is 4.70. The van der Waals surface area contributed by atoms with Crippen LogP contribution in [0.15, 0.2) is 24.4 Å². The van der Waals surface area contributed by atoms with Gasteiger partial charge in [-0.2, -0.15) is 5.10 Å². The van der Waals surface area contributed by atoms with Crippen molar-refractivity contribution in [3.05, 3.63) is 36.0 Å². The van der Waals surface area contributed by atoms with E-state index in [4.69, 9.17) is 14.8 Å². The van der Waals surface area contributed by atoms with Crippen LogP contribution >= 0.6 is 0 Å². The zero-order chi connectivity index (χ0) is 16.8. The van der Waals surface area contributed by atoms with E-state index in [1.54, 1.807) is 7.11 Å². The third-order valence-corrected chi connectivity index (χ3v) is 4.47. The van der Waals surface area contributed by atoms with E-state index in [2.05, 4.69) is 27.6 Å². The molecule has 0 spiro atoms. The van der Waals surface area contributed by atoms with Crippen molar-refractivity contribution in [2.24, 2.45) is 0 Å². The molecular weight excluding hydrogens is 302 g/mol. The Morgan fingerprint density at radius 2 is 2.25 bits per heavy atom. The van der Waals surface area contributed by atoms with Crippen molar-refractivity contribution in [1.29, 1.82) is 0 Å². The van der Waals surface area contributed by atoms with Gasteiger partial charge in [-0.05, 0) is 31.4 Å². The number of rotatable bonds is 7. The molecule has 0 aliphatic carbocycles. The lowest BCUT2D eigenvalue weighted by Crippen LogP contribution is -2.36. The lowest BCUT2D eigenvalue weighted by Gasteiger charge is -2.33. The molecule has 2 aromatic heterocycles. The second kappa shape index (κ2) is 8.24. The van der Waals surface area contributed by atoms with E-state index in [9.17, 15) is 0 Å². The minimum atomic E-state index is 0.413. The minimum Gasteiger partial charge on any atom is -0.384 e. The summed E-state index contributed by atoms with van der Waals surface area (Å²) in [6.07, 6.45) is 6.03. The van der Waals surface area contributed by atoms with Crippen molar-refractivity contribution in [1.82, 2.24) is 19.7 Å². The molecule has 3 heterocycles. The summed E-state index contributed by atoms with van der Waals surface area (Å²) in [7, 11) is 1.72. The molecule has 6 heteroatoms. The first-order valence-electron chi connectivity index (χ1n) is 8.90. The minimum absolute atomic E-state index is 0.413. The molecular formula is C18H27N5O. The summed E-state index contributed by atoms with van der Waals surface area (Å²) < 4.78 is 7.28. The Morgan fingerprint density at radius 3 is 3.00 bits per heavy atom. The molecule has 0 radical (unpaired) electrons. The normalized spacial score (nSPS) is 18.1. The van der Waals surface area contributed by atoms with Crippen molar-refractivity contribution in [3.63, 3.8) is 0 Å². The van der Waals surface area contributed by atoms with Gasteiger partial charge in [0, 0.05) is 45.3 Å². The maximum atomic E-state index is 5.17. The summed E-state index contributed by atoms with van der Waals surface area (Å²) in [4.78, 5) is 11.7. The first-order chi connectivity index (χ1) is 11.8. The average Bonchev–Trinajstić information content (AvgIpc) is 3.04. The van der Waals surface area contributed by atoms with Gasteiger partial charge in [0.2, 0.25) is 0 Å². The van der Waals surface area contributed by atoms with Crippen LogP contribution in [0.4, 0.5) is 5.82 Å². The van der Waals surface area contributed by atoms with Crippen LogP contribution in [0.1, 0.15) is 43.8 Å². The van der Waals surface area contributed by atoms with Crippen molar-refractivity contribution in [2.45, 2.75) is 45.1 Å². The predicted octanol–water partition coefficient (Wildman–Crippen LogP) is 2.66. The average molecular weight is 329 g/mol. The van der Waals surface area contributed by atoms with E-state index in [0.29, 0.717) is 12.5 Å². The summed E-state index contributed by atoms with van der Waals surface area (Å²) in [6.45, 7) is 5.80. The number of pyridine rings is 1. The Morgan fingerprint density at radius 1 is 1.33 bits per heavy atom. The molecule has 2 aromatic rings. The highest BCUT2D eigenvalue weighted by Gasteiger charge is 2.26. The second-order valence-electron chi connectivity index (χ2n) is 6.33. The maximum Gasteiger partial charge on any atom is 0.153 e. The second-order valence-corrected chi connectivity index (χ2v) is 6.33. The molecule has 1 saturated heterocycles. The van der Waals surface area contributed by atoms with Gasteiger partial charge in [-0.3, -0.25) is 0 Å². The number of ether oxygens (including phenoxy) is 1. The third kappa shape index (κ3) is 3.93. The van der Waals surface area contributed by atoms with Gasteiger partial charge in [0.25, 0.3) is 0 Å². The summed E-state index contributed by atoms with van der Waals surface area (Å²) in [5.41, 5.74) is 0. The van der Waals surface area contributed by atoms with Gasteiger partial charge in [-0.15, -0.1) is 0 Å². The lowest BCUT2D eigenvalue weighted by atomic mass is 9.97. The SMILES string of the molecule is CCCn1nc(CCOC)nc1[C@@H]1CCCN(c2ccccn2)C1. The number of methoxy groups -OCH3 is 1. The number of anilines is 1. The fourth-order valence-corrected chi connectivity index (χ4v) is 3.32. The number of aromatic nitrogens is 4. The highest BCUT2D eigenvalue weighted by atomic mass is 16.5. The Hall–Kier alpha value is -1.95. The molecule has 0 unspecified atom stereocenters. The Labute approximate surface area is 143 Å². The Kier molecular flexibility index (Phi) is 5.80. The molecule has 1 aliphatic heterocycles. The van der Waals surface area contributed by atoms with Crippen LogP contribution < -0.4 is 4.90 Å². The highest BCUT2D eigenvalue weighted by Crippen LogP contribution is 2.28. The van der Waals surface area contributed by atoms with Crippen LogP contribution in [0.2, 0.25) is 0 Å². The summed E-state index contributed by atoms with van der Waals surface area (Å²) in [6, 6.07) is 6.10. The predicted molar refractivity (Wildman–Crippen MR) is 94.3 cm³/mol. The third-order valence-electron chi connectivity index (χ3n) is 4.47. The van der Waals surface area contributed by atoms with Crippen molar-refractivity contribution < 1.29 is 4.74 Å². The number of aryl methyl sites for hydroxylation is 1. The van der Waals surface area contributed by atoms with Crippen LogP contribution in [-0.4, -0.2) is 46.6 Å². The van der Waals surface area contributed by atoms with Gasteiger partial charge in [0.1, 0.15) is 11.6 Å². The van der Waals surface area contributed by atoms with Crippen molar-refractivity contribution >= 4 is 5.82 Å². The van der Waals surface area contributed by atoms with Gasteiger partial charge in [0.15, 0.2) is 5.82 Å². The van der Waals surface area contributed by atoms with Gasteiger partial charge in [-0.25, -0.2) is 14.6 Å². The van der Waals surface area contributed by atoms with Crippen LogP contribution in [0.3, 0.4) is 0 Å². The van der Waals surface area contributed by atoms with Gasteiger partial charge < -0.3 is 9.64 Å². The summed E-state index contributed by atoms with van der Waals surface area (Å²) in [5.74, 6) is 3.50. The first kappa shape index (κ1) is 16.9. The highest BCUT2D eigenvalue weighted by molar-refractivity contribution is 5.39. The van der Waals surface area contributed by atoms with Crippen LogP contribution in [-0.2, 0) is 17.7 Å². The molecule has 1 aliphatic rings. The topological polar surface area (TPSA) is 56.1 Å². The first-order valence-corrected chi connectivity index (χ1v) is 8.90. The van der Waals surface area contributed by atoms with Crippen LogP contribution in [0.25, 0.3) is 0 Å².